The standard InChI is InChI=1S/C8H16N2/c1-2-6-9-10-7-4-3-5-8-10/h4,7,9H,2-3,5-6,8H2,1H3. The van der Waals surface area contributed by atoms with Gasteiger partial charge in [-0.3, -0.25) is 0 Å². The summed E-state index contributed by atoms with van der Waals surface area (Å²) in [6, 6.07) is 0. The maximum Gasteiger partial charge on any atom is 0.0340 e. The minimum atomic E-state index is 1.09. The predicted molar refractivity (Wildman–Crippen MR) is 43.4 cm³/mol. The lowest BCUT2D eigenvalue weighted by Gasteiger charge is -2.23. The van der Waals surface area contributed by atoms with E-state index in [0.717, 1.165) is 13.1 Å². The average molecular weight is 140 g/mol. The van der Waals surface area contributed by atoms with E-state index in [-0.39, 0.29) is 0 Å². The summed E-state index contributed by atoms with van der Waals surface area (Å²) in [6.07, 6.45) is 8.08. The Morgan fingerprint density at radius 3 is 3.10 bits per heavy atom. The Balaban J connectivity index is 2.13. The Morgan fingerprint density at radius 2 is 2.50 bits per heavy atom. The number of nitrogens with one attached hydrogen (secondary N) is 1. The highest BCUT2D eigenvalue weighted by atomic mass is 15.5. The molecule has 1 aliphatic rings. The van der Waals surface area contributed by atoms with Crippen LogP contribution in [0.5, 0.6) is 0 Å². The van der Waals surface area contributed by atoms with Gasteiger partial charge in [0.2, 0.25) is 0 Å². The Hall–Kier alpha value is -0.500. The van der Waals surface area contributed by atoms with Crippen LogP contribution in [0.1, 0.15) is 26.2 Å². The molecule has 0 aromatic heterocycles. The summed E-state index contributed by atoms with van der Waals surface area (Å²) >= 11 is 0. The quantitative estimate of drug-likeness (QED) is 0.639. The van der Waals surface area contributed by atoms with E-state index in [9.17, 15) is 0 Å². The molecular weight excluding hydrogens is 124 g/mol. The van der Waals surface area contributed by atoms with Crippen LogP contribution in [-0.2, 0) is 0 Å². The molecule has 0 amide bonds. The van der Waals surface area contributed by atoms with E-state index in [2.05, 4.69) is 29.6 Å². The summed E-state index contributed by atoms with van der Waals surface area (Å²) < 4.78 is 0. The smallest absolute Gasteiger partial charge is 0.0340 e. The maximum atomic E-state index is 3.32. The van der Waals surface area contributed by atoms with Crippen LogP contribution >= 0.6 is 0 Å². The first kappa shape index (κ1) is 7.61. The van der Waals surface area contributed by atoms with Gasteiger partial charge in [0.05, 0.1) is 0 Å². The van der Waals surface area contributed by atoms with Crippen molar-refractivity contribution in [2.45, 2.75) is 26.2 Å². The van der Waals surface area contributed by atoms with E-state index < -0.39 is 0 Å². The fraction of sp³-hybridized carbons (Fsp3) is 0.750. The minimum absolute atomic E-state index is 1.09. The van der Waals surface area contributed by atoms with Crippen LogP contribution in [0.15, 0.2) is 12.3 Å². The van der Waals surface area contributed by atoms with Gasteiger partial charge in [-0.05, 0) is 19.3 Å². The molecule has 0 unspecified atom stereocenters. The molecule has 0 aromatic carbocycles. The van der Waals surface area contributed by atoms with Crippen molar-refractivity contribution in [3.05, 3.63) is 12.3 Å². The molecule has 0 saturated carbocycles. The molecule has 0 bridgehead atoms. The van der Waals surface area contributed by atoms with E-state index in [1.165, 1.54) is 19.3 Å². The Kier molecular flexibility index (Phi) is 3.30. The Labute approximate surface area is 62.9 Å². The second-order valence-electron chi connectivity index (χ2n) is 2.63. The fourth-order valence-electron chi connectivity index (χ4n) is 1.04. The number of nitrogens with zero attached hydrogens (tertiary/aromatic N) is 1. The molecule has 0 spiro atoms. The minimum Gasteiger partial charge on any atom is -0.316 e. The van der Waals surface area contributed by atoms with E-state index in [0.29, 0.717) is 0 Å². The predicted octanol–water partition coefficient (Wildman–Crippen LogP) is 1.51. The lowest BCUT2D eigenvalue weighted by Crippen LogP contribution is -2.35. The van der Waals surface area contributed by atoms with Crippen molar-refractivity contribution in [2.24, 2.45) is 0 Å². The maximum absolute atomic E-state index is 3.32. The summed E-state index contributed by atoms with van der Waals surface area (Å²) in [4.78, 5) is 0. The molecule has 1 rings (SSSR count). The van der Waals surface area contributed by atoms with Crippen LogP contribution in [0.2, 0.25) is 0 Å². The average Bonchev–Trinajstić information content (AvgIpc) is 2.03. The van der Waals surface area contributed by atoms with Gasteiger partial charge in [0.25, 0.3) is 0 Å². The summed E-state index contributed by atoms with van der Waals surface area (Å²) in [5, 5.41) is 2.17. The molecule has 58 valence electrons. The van der Waals surface area contributed by atoms with Crippen molar-refractivity contribution < 1.29 is 0 Å². The van der Waals surface area contributed by atoms with E-state index in [1.54, 1.807) is 0 Å². The second kappa shape index (κ2) is 4.34. The van der Waals surface area contributed by atoms with Crippen LogP contribution in [-0.4, -0.2) is 18.1 Å². The van der Waals surface area contributed by atoms with Gasteiger partial charge in [-0.15, -0.1) is 0 Å². The largest absolute Gasteiger partial charge is 0.316 e. The third kappa shape index (κ3) is 2.40. The van der Waals surface area contributed by atoms with Gasteiger partial charge >= 0.3 is 0 Å². The highest BCUT2D eigenvalue weighted by Crippen LogP contribution is 2.01. The van der Waals surface area contributed by atoms with Gasteiger partial charge in [0, 0.05) is 19.3 Å². The molecule has 0 saturated heterocycles. The van der Waals surface area contributed by atoms with Crippen LogP contribution in [0, 0.1) is 0 Å². The molecule has 2 nitrogen and oxygen atoms in total. The molecule has 1 N–H and O–H groups in total. The normalized spacial score (nSPS) is 17.9. The van der Waals surface area contributed by atoms with Gasteiger partial charge in [-0.1, -0.05) is 13.0 Å². The van der Waals surface area contributed by atoms with Crippen LogP contribution in [0.3, 0.4) is 0 Å². The van der Waals surface area contributed by atoms with Crippen molar-refractivity contribution in [1.82, 2.24) is 10.4 Å². The van der Waals surface area contributed by atoms with Crippen molar-refractivity contribution in [3.8, 4) is 0 Å². The molecule has 1 aliphatic heterocycles. The highest BCUT2D eigenvalue weighted by Gasteiger charge is 1.99. The first-order valence-electron chi connectivity index (χ1n) is 4.10. The molecule has 0 fully saturated rings. The summed E-state index contributed by atoms with van der Waals surface area (Å²) in [6.45, 7) is 4.43. The number of hydrazine groups is 1. The number of hydrogen-bond donors (Lipinski definition) is 1. The Bertz CT molecular complexity index is 110. The molecular formula is C8H16N2. The molecule has 2 heteroatoms. The van der Waals surface area contributed by atoms with Crippen molar-refractivity contribution in [3.63, 3.8) is 0 Å². The first-order valence-corrected chi connectivity index (χ1v) is 4.10. The number of allylic oxidation sites excluding steroid dienone is 1. The van der Waals surface area contributed by atoms with Gasteiger partial charge < -0.3 is 5.01 Å². The van der Waals surface area contributed by atoms with Crippen molar-refractivity contribution in [1.29, 1.82) is 0 Å². The third-order valence-electron chi connectivity index (χ3n) is 1.62. The summed E-state index contributed by atoms with van der Waals surface area (Å²) in [5.41, 5.74) is 3.32. The molecule has 0 aromatic rings. The summed E-state index contributed by atoms with van der Waals surface area (Å²) in [5.74, 6) is 0. The van der Waals surface area contributed by atoms with Crippen molar-refractivity contribution >= 4 is 0 Å². The number of rotatable bonds is 3. The van der Waals surface area contributed by atoms with Gasteiger partial charge in [0.1, 0.15) is 0 Å². The van der Waals surface area contributed by atoms with Gasteiger partial charge in [-0.2, -0.15) is 0 Å². The van der Waals surface area contributed by atoms with E-state index in [4.69, 9.17) is 0 Å². The van der Waals surface area contributed by atoms with Crippen LogP contribution < -0.4 is 5.43 Å². The fourth-order valence-corrected chi connectivity index (χ4v) is 1.04. The second-order valence-corrected chi connectivity index (χ2v) is 2.63. The lowest BCUT2D eigenvalue weighted by molar-refractivity contribution is 0.257. The lowest BCUT2D eigenvalue weighted by atomic mass is 10.2. The first-order chi connectivity index (χ1) is 4.93. The van der Waals surface area contributed by atoms with Crippen LogP contribution in [0.4, 0.5) is 0 Å². The van der Waals surface area contributed by atoms with Crippen LogP contribution in [0.25, 0.3) is 0 Å². The molecule has 10 heavy (non-hydrogen) atoms. The molecule has 0 radical (unpaired) electrons. The van der Waals surface area contributed by atoms with E-state index in [1.807, 2.05) is 0 Å². The Morgan fingerprint density at radius 1 is 1.60 bits per heavy atom. The zero-order valence-electron chi connectivity index (χ0n) is 6.64. The van der Waals surface area contributed by atoms with Gasteiger partial charge in [-0.25, -0.2) is 5.43 Å². The SMILES string of the molecule is CCCNN1C=CCCC1. The van der Waals surface area contributed by atoms with E-state index >= 15 is 0 Å². The highest BCUT2D eigenvalue weighted by molar-refractivity contribution is 4.85. The zero-order chi connectivity index (χ0) is 7.23. The monoisotopic (exact) mass is 140 g/mol. The van der Waals surface area contributed by atoms with Crippen molar-refractivity contribution in [2.75, 3.05) is 13.1 Å². The molecule has 0 aliphatic carbocycles. The summed E-state index contributed by atoms with van der Waals surface area (Å²) in [7, 11) is 0. The zero-order valence-corrected chi connectivity index (χ0v) is 6.64. The number of hydrogen-bond acceptors (Lipinski definition) is 2. The third-order valence-corrected chi connectivity index (χ3v) is 1.62. The molecule has 0 atom stereocenters. The molecule has 1 heterocycles. The van der Waals surface area contributed by atoms with Gasteiger partial charge in [0.15, 0.2) is 0 Å². The topological polar surface area (TPSA) is 15.3 Å².